The highest BCUT2D eigenvalue weighted by Gasteiger charge is 2.15. The van der Waals surface area contributed by atoms with Gasteiger partial charge >= 0.3 is 5.97 Å². The smallest absolute Gasteiger partial charge is 0.348 e. The third-order valence-electron chi connectivity index (χ3n) is 3.43. The summed E-state index contributed by atoms with van der Waals surface area (Å²) in [5.41, 5.74) is 3.76. The maximum Gasteiger partial charge on any atom is 0.348 e. The fourth-order valence-corrected chi connectivity index (χ4v) is 3.19. The fraction of sp³-hybridized carbons (Fsp3) is 0.278. The monoisotopic (exact) mass is 345 g/mol. The number of carbonyl (C=O) groups excluding carboxylic acids is 3. The molecule has 0 spiro atoms. The van der Waals surface area contributed by atoms with Crippen molar-refractivity contribution < 1.29 is 19.1 Å². The zero-order valence-electron chi connectivity index (χ0n) is 14.1. The van der Waals surface area contributed by atoms with Gasteiger partial charge in [0.1, 0.15) is 4.88 Å². The summed E-state index contributed by atoms with van der Waals surface area (Å²) in [7, 11) is 0. The Hall–Kier alpha value is -2.47. The van der Waals surface area contributed by atoms with Gasteiger partial charge in [-0.1, -0.05) is 17.7 Å². The van der Waals surface area contributed by atoms with E-state index in [2.05, 4.69) is 5.32 Å². The first-order valence-electron chi connectivity index (χ1n) is 7.43. The highest BCUT2D eigenvalue weighted by molar-refractivity contribution is 7.15. The molecule has 126 valence electrons. The summed E-state index contributed by atoms with van der Waals surface area (Å²) < 4.78 is 5.01. The first-order valence-corrected chi connectivity index (χ1v) is 8.25. The Morgan fingerprint density at radius 2 is 1.62 bits per heavy atom. The predicted molar refractivity (Wildman–Crippen MR) is 93.9 cm³/mol. The Morgan fingerprint density at radius 3 is 2.17 bits per heavy atom. The Morgan fingerprint density at radius 1 is 1.04 bits per heavy atom. The van der Waals surface area contributed by atoms with E-state index in [1.165, 1.54) is 13.0 Å². The summed E-state index contributed by atoms with van der Waals surface area (Å²) >= 11 is 1.06. The lowest BCUT2D eigenvalue weighted by Gasteiger charge is -2.12. The highest BCUT2D eigenvalue weighted by atomic mass is 32.1. The molecule has 0 radical (unpaired) electrons. The maximum absolute atomic E-state index is 12.0. The van der Waals surface area contributed by atoms with E-state index in [9.17, 15) is 14.4 Å². The van der Waals surface area contributed by atoms with Crippen LogP contribution in [-0.2, 0) is 9.53 Å². The lowest BCUT2D eigenvalue weighted by Crippen LogP contribution is -2.21. The van der Waals surface area contributed by atoms with Crippen molar-refractivity contribution in [1.29, 1.82) is 0 Å². The molecule has 1 heterocycles. The van der Waals surface area contributed by atoms with E-state index in [0.717, 1.165) is 33.7 Å². The lowest BCUT2D eigenvalue weighted by molar-refractivity contribution is -0.119. The molecule has 1 aromatic heterocycles. The number of hydrogen-bond donors (Lipinski definition) is 1. The van der Waals surface area contributed by atoms with Gasteiger partial charge in [0.05, 0.1) is 4.88 Å². The van der Waals surface area contributed by atoms with E-state index in [0.29, 0.717) is 9.75 Å². The number of ether oxygens (including phenoxy) is 1. The molecular formula is C18H19NO4S. The highest BCUT2D eigenvalue weighted by Crippen LogP contribution is 2.22. The molecule has 1 N–H and O–H groups in total. The number of benzene rings is 1. The number of esters is 1. The van der Waals surface area contributed by atoms with Crippen molar-refractivity contribution in [3.63, 3.8) is 0 Å². The Kier molecular flexibility index (Phi) is 5.51. The molecule has 0 unspecified atom stereocenters. The number of anilines is 1. The lowest BCUT2D eigenvalue weighted by atomic mass is 10.1. The van der Waals surface area contributed by atoms with Crippen LogP contribution in [-0.4, -0.2) is 24.3 Å². The number of ketones is 1. The molecule has 6 heteroatoms. The molecule has 0 aliphatic carbocycles. The van der Waals surface area contributed by atoms with Gasteiger partial charge in [-0.15, -0.1) is 11.3 Å². The molecule has 0 saturated carbocycles. The van der Waals surface area contributed by atoms with Gasteiger partial charge in [-0.25, -0.2) is 4.79 Å². The largest absolute Gasteiger partial charge is 0.451 e. The van der Waals surface area contributed by atoms with E-state index in [1.54, 1.807) is 6.07 Å². The minimum absolute atomic E-state index is 0.109. The Labute approximate surface area is 144 Å². The van der Waals surface area contributed by atoms with Crippen LogP contribution in [0.3, 0.4) is 0 Å². The molecule has 0 aliphatic heterocycles. The molecule has 0 fully saturated rings. The minimum Gasteiger partial charge on any atom is -0.451 e. The van der Waals surface area contributed by atoms with Crippen molar-refractivity contribution in [1.82, 2.24) is 0 Å². The average molecular weight is 345 g/mol. The predicted octanol–water partition coefficient (Wildman–Crippen LogP) is 3.67. The van der Waals surface area contributed by atoms with Gasteiger partial charge in [-0.05, 0) is 51.0 Å². The third-order valence-corrected chi connectivity index (χ3v) is 4.60. The van der Waals surface area contributed by atoms with Gasteiger partial charge in [-0.3, -0.25) is 9.59 Å². The molecule has 0 aliphatic rings. The SMILES string of the molecule is CC(=O)c1ccc(C(=O)OCC(=O)Nc2c(C)cc(C)cc2C)s1. The van der Waals surface area contributed by atoms with E-state index in [1.807, 2.05) is 32.9 Å². The zero-order valence-corrected chi connectivity index (χ0v) is 14.9. The quantitative estimate of drug-likeness (QED) is 0.663. The van der Waals surface area contributed by atoms with Gasteiger partial charge < -0.3 is 10.1 Å². The summed E-state index contributed by atoms with van der Waals surface area (Å²) in [5, 5.41) is 2.77. The van der Waals surface area contributed by atoms with Crippen molar-refractivity contribution in [3.05, 3.63) is 50.7 Å². The van der Waals surface area contributed by atoms with Crippen molar-refractivity contribution in [2.24, 2.45) is 0 Å². The van der Waals surface area contributed by atoms with Gasteiger partial charge in [0.2, 0.25) is 0 Å². The van der Waals surface area contributed by atoms with Crippen LogP contribution in [0.1, 0.15) is 43.0 Å². The molecule has 0 saturated heterocycles. The molecule has 1 amide bonds. The van der Waals surface area contributed by atoms with Gasteiger partial charge in [0.15, 0.2) is 12.4 Å². The molecule has 24 heavy (non-hydrogen) atoms. The zero-order chi connectivity index (χ0) is 17.9. The Balaban J connectivity index is 1.95. The molecule has 0 atom stereocenters. The van der Waals surface area contributed by atoms with E-state index in [4.69, 9.17) is 4.74 Å². The maximum atomic E-state index is 12.0. The number of thiophene rings is 1. The van der Waals surface area contributed by atoms with Crippen LogP contribution in [0.5, 0.6) is 0 Å². The molecule has 1 aromatic carbocycles. The topological polar surface area (TPSA) is 72.5 Å². The fourth-order valence-electron chi connectivity index (χ4n) is 2.39. The van der Waals surface area contributed by atoms with E-state index < -0.39 is 11.9 Å². The number of nitrogens with one attached hydrogen (secondary N) is 1. The number of amides is 1. The second-order valence-corrected chi connectivity index (χ2v) is 6.70. The van der Waals surface area contributed by atoms with Crippen molar-refractivity contribution in [2.45, 2.75) is 27.7 Å². The molecular weight excluding hydrogens is 326 g/mol. The van der Waals surface area contributed by atoms with Crippen LogP contribution in [0.15, 0.2) is 24.3 Å². The second kappa shape index (κ2) is 7.40. The summed E-state index contributed by atoms with van der Waals surface area (Å²) in [6, 6.07) is 7.05. The minimum atomic E-state index is -0.611. The van der Waals surface area contributed by atoms with Crippen molar-refractivity contribution in [2.75, 3.05) is 11.9 Å². The average Bonchev–Trinajstić information content (AvgIpc) is 2.98. The number of hydrogen-bond acceptors (Lipinski definition) is 5. The first kappa shape index (κ1) is 17.9. The normalized spacial score (nSPS) is 10.3. The molecule has 5 nitrogen and oxygen atoms in total. The summed E-state index contributed by atoms with van der Waals surface area (Å²) in [4.78, 5) is 35.9. The van der Waals surface area contributed by atoms with Crippen LogP contribution in [0.2, 0.25) is 0 Å². The van der Waals surface area contributed by atoms with Crippen molar-refractivity contribution in [3.8, 4) is 0 Å². The molecule has 0 bridgehead atoms. The number of rotatable bonds is 5. The second-order valence-electron chi connectivity index (χ2n) is 5.62. The van der Waals surface area contributed by atoms with Crippen LogP contribution in [0.4, 0.5) is 5.69 Å². The van der Waals surface area contributed by atoms with E-state index >= 15 is 0 Å². The summed E-state index contributed by atoms with van der Waals surface area (Å²) in [6.45, 7) is 6.87. The van der Waals surface area contributed by atoms with Crippen LogP contribution >= 0.6 is 11.3 Å². The number of aryl methyl sites for hydroxylation is 3. The van der Waals surface area contributed by atoms with Gasteiger partial charge in [0.25, 0.3) is 5.91 Å². The van der Waals surface area contributed by atoms with Gasteiger partial charge in [-0.2, -0.15) is 0 Å². The van der Waals surface area contributed by atoms with Gasteiger partial charge in [0, 0.05) is 5.69 Å². The third kappa shape index (κ3) is 4.29. The summed E-state index contributed by atoms with van der Waals surface area (Å²) in [6.07, 6.45) is 0. The van der Waals surface area contributed by atoms with Crippen LogP contribution in [0, 0.1) is 20.8 Å². The first-order chi connectivity index (χ1) is 11.3. The number of Topliss-reactive ketones (excluding diaryl/α,β-unsaturated/α-hetero) is 1. The van der Waals surface area contributed by atoms with Crippen LogP contribution in [0.25, 0.3) is 0 Å². The summed E-state index contributed by atoms with van der Waals surface area (Å²) in [5.74, 6) is -1.12. The Bertz CT molecular complexity index is 784. The van der Waals surface area contributed by atoms with E-state index in [-0.39, 0.29) is 12.4 Å². The number of carbonyl (C=O) groups is 3. The van der Waals surface area contributed by atoms with Crippen LogP contribution < -0.4 is 5.32 Å². The standard InChI is InChI=1S/C18H19NO4S/c1-10-7-11(2)17(12(3)8-10)19-16(21)9-23-18(22)15-6-5-14(24-15)13(4)20/h5-8H,9H2,1-4H3,(H,19,21). The molecule has 2 aromatic rings. The molecule has 2 rings (SSSR count). The van der Waals surface area contributed by atoms with Crippen molar-refractivity contribution >= 4 is 34.7 Å².